The SMILES string of the molecule is C=CCn1c(=S)[nH]c(=O)c2[nH]c(N)nc21. The predicted molar refractivity (Wildman–Crippen MR) is 60.1 cm³/mol. The molecule has 2 aromatic heterocycles. The number of hydrogen-bond acceptors (Lipinski definition) is 4. The maximum atomic E-state index is 11.5. The second-order valence-electron chi connectivity index (χ2n) is 2.98. The molecule has 0 saturated heterocycles. The van der Waals surface area contributed by atoms with Crippen LogP contribution in [0.25, 0.3) is 11.2 Å². The molecule has 7 heteroatoms. The molecule has 0 aliphatic rings. The highest BCUT2D eigenvalue weighted by Crippen LogP contribution is 2.08. The van der Waals surface area contributed by atoms with Crippen molar-refractivity contribution in [2.75, 3.05) is 5.73 Å². The van der Waals surface area contributed by atoms with Gasteiger partial charge in [0.15, 0.2) is 21.9 Å². The number of nitrogen functional groups attached to an aromatic ring is 1. The Balaban J connectivity index is 2.95. The maximum Gasteiger partial charge on any atom is 0.277 e. The lowest BCUT2D eigenvalue weighted by atomic mass is 10.5. The highest BCUT2D eigenvalue weighted by molar-refractivity contribution is 7.71. The van der Waals surface area contributed by atoms with Gasteiger partial charge in [-0.15, -0.1) is 6.58 Å². The van der Waals surface area contributed by atoms with Gasteiger partial charge in [0.2, 0.25) is 0 Å². The summed E-state index contributed by atoms with van der Waals surface area (Å²) in [5.74, 6) is 0.189. The minimum absolute atomic E-state index is 0.189. The van der Waals surface area contributed by atoms with E-state index >= 15 is 0 Å². The number of nitrogens with two attached hydrogens (primary N) is 1. The van der Waals surface area contributed by atoms with Crippen LogP contribution < -0.4 is 11.3 Å². The molecule has 0 aromatic carbocycles. The van der Waals surface area contributed by atoms with Crippen LogP contribution in [-0.4, -0.2) is 19.5 Å². The Hall–Kier alpha value is -1.89. The van der Waals surface area contributed by atoms with Gasteiger partial charge in [0.05, 0.1) is 0 Å². The third-order valence-corrected chi connectivity index (χ3v) is 2.29. The Labute approximate surface area is 89.5 Å². The highest BCUT2D eigenvalue weighted by Gasteiger charge is 2.08. The molecular weight excluding hydrogens is 214 g/mol. The molecule has 2 rings (SSSR count). The summed E-state index contributed by atoms with van der Waals surface area (Å²) in [6.07, 6.45) is 1.67. The van der Waals surface area contributed by atoms with Gasteiger partial charge in [-0.1, -0.05) is 6.08 Å². The average molecular weight is 223 g/mol. The van der Waals surface area contributed by atoms with Crippen LogP contribution in [0.3, 0.4) is 0 Å². The lowest BCUT2D eigenvalue weighted by molar-refractivity contribution is 0.794. The van der Waals surface area contributed by atoms with Crippen molar-refractivity contribution >= 4 is 29.3 Å². The Bertz CT molecular complexity index is 634. The maximum absolute atomic E-state index is 11.5. The quantitative estimate of drug-likeness (QED) is 0.512. The van der Waals surface area contributed by atoms with Crippen molar-refractivity contribution in [3.63, 3.8) is 0 Å². The van der Waals surface area contributed by atoms with E-state index in [2.05, 4.69) is 21.5 Å². The van der Waals surface area contributed by atoms with E-state index in [1.807, 2.05) is 0 Å². The van der Waals surface area contributed by atoms with Crippen LogP contribution in [0.2, 0.25) is 0 Å². The van der Waals surface area contributed by atoms with Gasteiger partial charge < -0.3 is 10.7 Å². The summed E-state index contributed by atoms with van der Waals surface area (Å²) in [6.45, 7) is 4.07. The number of hydrogen-bond donors (Lipinski definition) is 3. The van der Waals surface area contributed by atoms with Gasteiger partial charge in [0, 0.05) is 6.54 Å². The Morgan fingerprint density at radius 3 is 3.00 bits per heavy atom. The number of nitrogens with zero attached hydrogens (tertiary/aromatic N) is 2. The van der Waals surface area contributed by atoms with Crippen LogP contribution in [0, 0.1) is 4.77 Å². The molecule has 78 valence electrons. The zero-order chi connectivity index (χ0) is 11.0. The molecular formula is C8H9N5OS. The highest BCUT2D eigenvalue weighted by atomic mass is 32.1. The molecule has 0 amide bonds. The number of fused-ring (bicyclic) bond motifs is 1. The van der Waals surface area contributed by atoms with Crippen molar-refractivity contribution in [1.82, 2.24) is 19.5 Å². The molecule has 0 atom stereocenters. The van der Waals surface area contributed by atoms with Crippen LogP contribution in [0.1, 0.15) is 0 Å². The minimum atomic E-state index is -0.320. The largest absolute Gasteiger partial charge is 0.369 e. The van der Waals surface area contributed by atoms with E-state index in [4.69, 9.17) is 18.0 Å². The van der Waals surface area contributed by atoms with Crippen molar-refractivity contribution in [1.29, 1.82) is 0 Å². The Morgan fingerprint density at radius 1 is 1.60 bits per heavy atom. The molecule has 0 fully saturated rings. The van der Waals surface area contributed by atoms with E-state index in [-0.39, 0.29) is 11.5 Å². The molecule has 0 saturated carbocycles. The molecule has 0 spiro atoms. The number of anilines is 1. The molecule has 15 heavy (non-hydrogen) atoms. The normalized spacial score (nSPS) is 10.7. The number of allylic oxidation sites excluding steroid dienone is 1. The Kier molecular flexibility index (Phi) is 2.16. The fourth-order valence-corrected chi connectivity index (χ4v) is 1.61. The van der Waals surface area contributed by atoms with E-state index in [1.54, 1.807) is 10.6 Å². The van der Waals surface area contributed by atoms with Crippen LogP contribution in [0.5, 0.6) is 0 Å². The lowest BCUT2D eigenvalue weighted by Gasteiger charge is -2.02. The third-order valence-electron chi connectivity index (χ3n) is 1.96. The fourth-order valence-electron chi connectivity index (χ4n) is 1.36. The minimum Gasteiger partial charge on any atom is -0.369 e. The van der Waals surface area contributed by atoms with Gasteiger partial charge in [-0.2, -0.15) is 4.98 Å². The first-order valence-corrected chi connectivity index (χ1v) is 4.63. The molecule has 0 radical (unpaired) electrons. The monoisotopic (exact) mass is 223 g/mol. The van der Waals surface area contributed by atoms with Crippen molar-refractivity contribution in [3.8, 4) is 0 Å². The summed E-state index contributed by atoms with van der Waals surface area (Å²) in [5.41, 5.74) is 5.93. The van der Waals surface area contributed by atoms with Crippen LogP contribution in [0.4, 0.5) is 5.95 Å². The fraction of sp³-hybridized carbons (Fsp3) is 0.125. The molecule has 0 aliphatic carbocycles. The van der Waals surface area contributed by atoms with Gasteiger partial charge >= 0.3 is 0 Å². The first-order chi connectivity index (χ1) is 7.13. The number of rotatable bonds is 2. The van der Waals surface area contributed by atoms with Crippen molar-refractivity contribution in [3.05, 3.63) is 27.8 Å². The lowest BCUT2D eigenvalue weighted by Crippen LogP contribution is -2.14. The summed E-state index contributed by atoms with van der Waals surface area (Å²) in [6, 6.07) is 0. The smallest absolute Gasteiger partial charge is 0.277 e. The van der Waals surface area contributed by atoms with Gasteiger partial charge in [0.1, 0.15) is 0 Å². The molecule has 0 bridgehead atoms. The van der Waals surface area contributed by atoms with E-state index in [1.165, 1.54) is 0 Å². The molecule has 0 aliphatic heterocycles. The number of H-pyrrole nitrogens is 2. The van der Waals surface area contributed by atoms with Gasteiger partial charge in [-0.25, -0.2) is 0 Å². The second-order valence-corrected chi connectivity index (χ2v) is 3.37. The summed E-state index contributed by atoms with van der Waals surface area (Å²) in [5, 5.41) is 0. The molecule has 6 nitrogen and oxygen atoms in total. The van der Waals surface area contributed by atoms with E-state index < -0.39 is 0 Å². The first kappa shape index (κ1) is 9.66. The van der Waals surface area contributed by atoms with Crippen LogP contribution in [-0.2, 0) is 6.54 Å². The summed E-state index contributed by atoms with van der Waals surface area (Å²) in [4.78, 5) is 20.7. The number of nitrogens with one attached hydrogen (secondary N) is 2. The van der Waals surface area contributed by atoms with Crippen molar-refractivity contribution < 1.29 is 0 Å². The predicted octanol–water partition coefficient (Wildman–Crippen LogP) is 0.550. The van der Waals surface area contributed by atoms with Crippen molar-refractivity contribution in [2.24, 2.45) is 0 Å². The topological polar surface area (TPSA) is 92.5 Å². The van der Waals surface area contributed by atoms with Crippen LogP contribution in [0.15, 0.2) is 17.4 Å². The molecule has 2 aromatic rings. The summed E-state index contributed by atoms with van der Waals surface area (Å²) < 4.78 is 1.95. The average Bonchev–Trinajstić information content (AvgIpc) is 2.55. The van der Waals surface area contributed by atoms with E-state index in [9.17, 15) is 4.79 Å². The number of aromatic nitrogens is 4. The molecule has 2 heterocycles. The van der Waals surface area contributed by atoms with Crippen molar-refractivity contribution in [2.45, 2.75) is 6.54 Å². The number of imidazole rings is 1. The van der Waals surface area contributed by atoms with Gasteiger partial charge in [-0.05, 0) is 12.2 Å². The Morgan fingerprint density at radius 2 is 2.33 bits per heavy atom. The third kappa shape index (κ3) is 1.46. The second kappa shape index (κ2) is 3.35. The molecule has 0 unspecified atom stereocenters. The van der Waals surface area contributed by atoms with Gasteiger partial charge in [0.25, 0.3) is 5.56 Å². The van der Waals surface area contributed by atoms with E-state index in [0.29, 0.717) is 22.5 Å². The van der Waals surface area contributed by atoms with Crippen LogP contribution >= 0.6 is 12.2 Å². The first-order valence-electron chi connectivity index (χ1n) is 4.22. The zero-order valence-corrected chi connectivity index (χ0v) is 8.60. The molecule has 4 N–H and O–H groups in total. The van der Waals surface area contributed by atoms with Gasteiger partial charge in [-0.3, -0.25) is 14.3 Å². The zero-order valence-electron chi connectivity index (χ0n) is 7.78. The summed E-state index contributed by atoms with van der Waals surface area (Å²) >= 11 is 5.01. The van der Waals surface area contributed by atoms with E-state index in [0.717, 1.165) is 0 Å². The standard InChI is InChI=1S/C8H9N5OS/c1-2-3-13-5-4(10-7(9)11-5)6(14)12-8(13)15/h2H,1,3H2,(H3,9,10,11)(H,12,14,15). The summed E-state index contributed by atoms with van der Waals surface area (Å²) in [7, 11) is 0. The number of aromatic amines is 2.